The molecule has 0 saturated heterocycles. The first kappa shape index (κ1) is 15.1. The van der Waals surface area contributed by atoms with Gasteiger partial charge in [-0.25, -0.2) is 4.39 Å². The third kappa shape index (κ3) is 4.08. The van der Waals surface area contributed by atoms with Gasteiger partial charge in [0.1, 0.15) is 17.7 Å². The van der Waals surface area contributed by atoms with Gasteiger partial charge in [0, 0.05) is 18.0 Å². The van der Waals surface area contributed by atoms with Crippen LogP contribution in [-0.4, -0.2) is 23.5 Å². The fraction of sp³-hybridized carbons (Fsp3) is 0.312. The number of carbonyl (C=O) groups excluding carboxylic acids is 1. The molecule has 2 rings (SSSR count). The van der Waals surface area contributed by atoms with Crippen molar-refractivity contribution in [3.63, 3.8) is 0 Å². The van der Waals surface area contributed by atoms with E-state index in [2.05, 4.69) is 10.3 Å². The van der Waals surface area contributed by atoms with Gasteiger partial charge >= 0.3 is 0 Å². The van der Waals surface area contributed by atoms with Gasteiger partial charge in [-0.15, -0.1) is 0 Å². The summed E-state index contributed by atoms with van der Waals surface area (Å²) in [4.78, 5) is 15.0. The molecule has 0 radical (unpaired) electrons. The van der Waals surface area contributed by atoms with E-state index in [-0.39, 0.29) is 17.8 Å². The second kappa shape index (κ2) is 6.92. The second-order valence-electron chi connectivity index (χ2n) is 4.83. The Morgan fingerprint density at radius 1 is 1.43 bits per heavy atom. The van der Waals surface area contributed by atoms with Crippen molar-refractivity contribution in [2.24, 2.45) is 0 Å². The van der Waals surface area contributed by atoms with E-state index in [9.17, 15) is 9.18 Å². The number of H-pyrrole nitrogens is 1. The minimum Gasteiger partial charge on any atom is -0.489 e. The van der Waals surface area contributed by atoms with E-state index in [1.54, 1.807) is 24.4 Å². The number of rotatable bonds is 6. The van der Waals surface area contributed by atoms with E-state index in [1.165, 1.54) is 12.1 Å². The quantitative estimate of drug-likeness (QED) is 0.859. The maximum absolute atomic E-state index is 13.1. The fourth-order valence-electron chi connectivity index (χ4n) is 2.00. The van der Waals surface area contributed by atoms with Crippen LogP contribution in [0.25, 0.3) is 0 Å². The molecule has 4 nitrogen and oxygen atoms in total. The molecule has 0 aliphatic carbocycles. The lowest BCUT2D eigenvalue weighted by Gasteiger charge is -2.18. The Morgan fingerprint density at radius 3 is 2.86 bits per heavy atom. The largest absolute Gasteiger partial charge is 0.489 e. The number of hydrogen-bond acceptors (Lipinski definition) is 2. The van der Waals surface area contributed by atoms with Crippen molar-refractivity contribution in [2.75, 3.05) is 6.54 Å². The van der Waals surface area contributed by atoms with Crippen molar-refractivity contribution < 1.29 is 13.9 Å². The zero-order chi connectivity index (χ0) is 15.2. The Hall–Kier alpha value is -2.30. The molecule has 2 N–H and O–H groups in total. The van der Waals surface area contributed by atoms with Crippen molar-refractivity contribution in [1.82, 2.24) is 10.3 Å². The van der Waals surface area contributed by atoms with Gasteiger partial charge < -0.3 is 15.0 Å². The average Bonchev–Trinajstić information content (AvgIpc) is 2.89. The molecule has 0 aliphatic rings. The highest BCUT2D eigenvalue weighted by Crippen LogP contribution is 2.15. The lowest BCUT2D eigenvalue weighted by atomic mass is 10.2. The number of amides is 1. The average molecular weight is 290 g/mol. The van der Waals surface area contributed by atoms with E-state index in [1.807, 2.05) is 13.8 Å². The number of ether oxygens (including phenoxy) is 1. The molecule has 1 heterocycles. The van der Waals surface area contributed by atoms with Crippen LogP contribution >= 0.6 is 0 Å². The van der Waals surface area contributed by atoms with E-state index in [0.717, 1.165) is 5.69 Å². The standard InChI is InChI=1S/C16H19FN2O2/c1-3-13(21-14-6-4-5-12(17)9-14)10-19-16(20)15-7-8-18-11(15)2/h4-9,13,18H,3,10H2,1-2H3,(H,19,20). The molecule has 1 aromatic carbocycles. The highest BCUT2D eigenvalue weighted by atomic mass is 19.1. The van der Waals surface area contributed by atoms with Gasteiger partial charge in [-0.2, -0.15) is 0 Å². The van der Waals surface area contributed by atoms with Crippen LogP contribution in [0.3, 0.4) is 0 Å². The summed E-state index contributed by atoms with van der Waals surface area (Å²) in [6.07, 6.45) is 2.24. The molecule has 21 heavy (non-hydrogen) atoms. The van der Waals surface area contributed by atoms with Gasteiger partial charge in [-0.05, 0) is 31.5 Å². The molecular weight excluding hydrogens is 271 g/mol. The molecule has 1 atom stereocenters. The number of aromatic amines is 1. The van der Waals surface area contributed by atoms with Crippen molar-refractivity contribution in [1.29, 1.82) is 0 Å². The Bertz CT molecular complexity index is 610. The second-order valence-corrected chi connectivity index (χ2v) is 4.83. The Kier molecular flexibility index (Phi) is 4.98. The number of hydrogen-bond donors (Lipinski definition) is 2. The van der Waals surface area contributed by atoms with Crippen LogP contribution in [0, 0.1) is 12.7 Å². The lowest BCUT2D eigenvalue weighted by Crippen LogP contribution is -2.35. The van der Waals surface area contributed by atoms with Gasteiger partial charge in [0.2, 0.25) is 0 Å². The Balaban J connectivity index is 1.91. The summed E-state index contributed by atoms with van der Waals surface area (Å²) in [5.74, 6) is -0.0155. The summed E-state index contributed by atoms with van der Waals surface area (Å²) in [6.45, 7) is 4.17. The normalized spacial score (nSPS) is 12.0. The first-order chi connectivity index (χ1) is 10.1. The molecule has 0 saturated carbocycles. The molecule has 5 heteroatoms. The summed E-state index contributed by atoms with van der Waals surface area (Å²) < 4.78 is 18.8. The number of benzene rings is 1. The van der Waals surface area contributed by atoms with Crippen molar-refractivity contribution in [3.8, 4) is 5.75 Å². The number of aromatic nitrogens is 1. The van der Waals surface area contributed by atoms with E-state index >= 15 is 0 Å². The minimum atomic E-state index is -0.339. The minimum absolute atomic E-state index is 0.143. The van der Waals surface area contributed by atoms with Gasteiger partial charge in [0.05, 0.1) is 12.1 Å². The number of aryl methyl sites for hydroxylation is 1. The molecule has 0 aliphatic heterocycles. The van der Waals surface area contributed by atoms with Crippen LogP contribution in [0.1, 0.15) is 29.4 Å². The van der Waals surface area contributed by atoms with Crippen LogP contribution in [0.4, 0.5) is 4.39 Å². The molecule has 0 spiro atoms. The molecular formula is C16H19FN2O2. The predicted octanol–water partition coefficient (Wildman–Crippen LogP) is 3.05. The topological polar surface area (TPSA) is 54.1 Å². The van der Waals surface area contributed by atoms with E-state index < -0.39 is 0 Å². The van der Waals surface area contributed by atoms with Gasteiger partial charge in [0.25, 0.3) is 5.91 Å². The molecule has 112 valence electrons. The summed E-state index contributed by atoms with van der Waals surface area (Å²) in [5.41, 5.74) is 1.45. The molecule has 0 bridgehead atoms. The maximum atomic E-state index is 13.1. The highest BCUT2D eigenvalue weighted by Gasteiger charge is 2.13. The van der Waals surface area contributed by atoms with Crippen LogP contribution in [-0.2, 0) is 0 Å². The first-order valence-corrected chi connectivity index (χ1v) is 6.94. The smallest absolute Gasteiger partial charge is 0.253 e. The molecule has 1 unspecified atom stereocenters. The fourth-order valence-corrected chi connectivity index (χ4v) is 2.00. The highest BCUT2D eigenvalue weighted by molar-refractivity contribution is 5.95. The van der Waals surface area contributed by atoms with Crippen LogP contribution in [0.2, 0.25) is 0 Å². The summed E-state index contributed by atoms with van der Waals surface area (Å²) >= 11 is 0. The molecule has 1 aromatic heterocycles. The SMILES string of the molecule is CCC(CNC(=O)c1cc[nH]c1C)Oc1cccc(F)c1. The van der Waals surface area contributed by atoms with Gasteiger partial charge in [-0.1, -0.05) is 13.0 Å². The summed E-state index contributed by atoms with van der Waals surface area (Å²) in [6, 6.07) is 7.73. The summed E-state index contributed by atoms with van der Waals surface area (Å²) in [5, 5.41) is 2.83. The summed E-state index contributed by atoms with van der Waals surface area (Å²) in [7, 11) is 0. The molecule has 2 aromatic rings. The monoisotopic (exact) mass is 290 g/mol. The first-order valence-electron chi connectivity index (χ1n) is 6.94. The number of halogens is 1. The Morgan fingerprint density at radius 2 is 2.24 bits per heavy atom. The van der Waals surface area contributed by atoms with Gasteiger partial charge in [-0.3, -0.25) is 4.79 Å². The van der Waals surface area contributed by atoms with Gasteiger partial charge in [0.15, 0.2) is 0 Å². The maximum Gasteiger partial charge on any atom is 0.253 e. The van der Waals surface area contributed by atoms with Crippen LogP contribution < -0.4 is 10.1 Å². The predicted molar refractivity (Wildman–Crippen MR) is 79.0 cm³/mol. The zero-order valence-corrected chi connectivity index (χ0v) is 12.2. The van der Waals surface area contributed by atoms with Crippen molar-refractivity contribution in [2.45, 2.75) is 26.4 Å². The van der Waals surface area contributed by atoms with E-state index in [4.69, 9.17) is 4.74 Å². The van der Waals surface area contributed by atoms with E-state index in [0.29, 0.717) is 24.3 Å². The lowest BCUT2D eigenvalue weighted by molar-refractivity contribution is 0.0925. The van der Waals surface area contributed by atoms with Crippen molar-refractivity contribution in [3.05, 3.63) is 53.6 Å². The Labute approximate surface area is 123 Å². The number of nitrogens with one attached hydrogen (secondary N) is 2. The number of carbonyl (C=O) groups is 1. The zero-order valence-electron chi connectivity index (χ0n) is 12.2. The molecule has 1 amide bonds. The van der Waals surface area contributed by atoms with Crippen LogP contribution in [0.5, 0.6) is 5.75 Å². The van der Waals surface area contributed by atoms with Crippen molar-refractivity contribution >= 4 is 5.91 Å². The third-order valence-electron chi connectivity index (χ3n) is 3.24. The molecule has 0 fully saturated rings. The van der Waals surface area contributed by atoms with Crippen LogP contribution in [0.15, 0.2) is 36.5 Å². The third-order valence-corrected chi connectivity index (χ3v) is 3.24.